The average Bonchev–Trinajstić information content (AvgIpc) is 2.13. The van der Waals surface area contributed by atoms with Crippen molar-refractivity contribution in [3.05, 3.63) is 0 Å². The van der Waals surface area contributed by atoms with Gasteiger partial charge in [0.1, 0.15) is 0 Å². The molecular weight excluding hydrogens is 150 g/mol. The lowest BCUT2D eigenvalue weighted by atomic mass is 9.87. The molecule has 0 aliphatic rings. The second kappa shape index (κ2) is 5.55. The molecule has 0 unspecified atom stereocenters. The summed E-state index contributed by atoms with van der Waals surface area (Å²) in [4.78, 5) is 0. The van der Waals surface area contributed by atoms with Crippen LogP contribution in [0.1, 0.15) is 47.0 Å². The van der Waals surface area contributed by atoms with Gasteiger partial charge in [-0.15, -0.1) is 0 Å². The normalized spacial score (nSPS) is 14.8. The van der Waals surface area contributed by atoms with Crippen molar-refractivity contribution in [3.63, 3.8) is 0 Å². The van der Waals surface area contributed by atoms with Crippen LogP contribution >= 0.6 is 0 Å². The number of hydrogen-bond acceptors (Lipinski definition) is 2. The van der Waals surface area contributed by atoms with Crippen LogP contribution in [0.3, 0.4) is 0 Å². The van der Waals surface area contributed by atoms with E-state index in [1.54, 1.807) is 0 Å². The highest BCUT2D eigenvalue weighted by molar-refractivity contribution is 4.88. The van der Waals surface area contributed by atoms with Gasteiger partial charge in [0.25, 0.3) is 0 Å². The molecule has 0 spiro atoms. The van der Waals surface area contributed by atoms with Gasteiger partial charge in [-0.2, -0.15) is 0 Å². The van der Waals surface area contributed by atoms with Crippen molar-refractivity contribution >= 4 is 0 Å². The molecule has 0 fully saturated rings. The van der Waals surface area contributed by atoms with Gasteiger partial charge in [-0.05, 0) is 26.2 Å². The molecule has 0 aliphatic heterocycles. The monoisotopic (exact) mass is 173 g/mol. The van der Waals surface area contributed by atoms with Gasteiger partial charge in [0.2, 0.25) is 0 Å². The van der Waals surface area contributed by atoms with Crippen molar-refractivity contribution in [1.82, 2.24) is 0 Å². The Hall–Kier alpha value is -0.0800. The topological polar surface area (TPSA) is 35.2 Å². The predicted octanol–water partition coefficient (Wildman–Crippen LogP) is 2.32. The number of ether oxygens (including phenoxy) is 1. The first-order valence-corrected chi connectivity index (χ1v) is 5.06. The maximum absolute atomic E-state index is 6.03. The Labute approximate surface area is 76.5 Å². The maximum Gasteiger partial charge on any atom is 0.0827 e. The summed E-state index contributed by atoms with van der Waals surface area (Å²) in [6, 6.07) is 0.174. The second-order valence-corrected chi connectivity index (χ2v) is 3.22. The van der Waals surface area contributed by atoms with Crippen molar-refractivity contribution in [1.29, 1.82) is 0 Å². The van der Waals surface area contributed by atoms with Crippen LogP contribution in [0.4, 0.5) is 0 Å². The summed E-state index contributed by atoms with van der Waals surface area (Å²) in [7, 11) is 0. The molecule has 0 amide bonds. The van der Waals surface area contributed by atoms with E-state index in [0.717, 1.165) is 25.9 Å². The average molecular weight is 173 g/mol. The Morgan fingerprint density at radius 2 is 1.67 bits per heavy atom. The fraction of sp³-hybridized carbons (Fsp3) is 1.00. The van der Waals surface area contributed by atoms with Gasteiger partial charge < -0.3 is 10.5 Å². The zero-order valence-corrected chi connectivity index (χ0v) is 8.89. The summed E-state index contributed by atoms with van der Waals surface area (Å²) in [5, 5.41) is 0. The van der Waals surface area contributed by atoms with Crippen LogP contribution in [-0.4, -0.2) is 18.2 Å². The minimum Gasteiger partial charge on any atom is -0.374 e. The first-order valence-electron chi connectivity index (χ1n) is 5.06. The third-order valence-electron chi connectivity index (χ3n) is 2.74. The first kappa shape index (κ1) is 11.9. The van der Waals surface area contributed by atoms with Crippen LogP contribution in [0.15, 0.2) is 0 Å². The number of nitrogens with two attached hydrogens (primary N) is 1. The van der Waals surface area contributed by atoms with E-state index in [-0.39, 0.29) is 11.6 Å². The molecule has 0 aliphatic carbocycles. The Morgan fingerprint density at radius 3 is 1.92 bits per heavy atom. The van der Waals surface area contributed by atoms with Crippen molar-refractivity contribution < 1.29 is 4.74 Å². The molecule has 0 rings (SSSR count). The van der Waals surface area contributed by atoms with Gasteiger partial charge in [-0.1, -0.05) is 20.8 Å². The van der Waals surface area contributed by atoms with E-state index < -0.39 is 0 Å². The van der Waals surface area contributed by atoms with E-state index in [0.29, 0.717) is 0 Å². The summed E-state index contributed by atoms with van der Waals surface area (Å²) in [6.07, 6.45) is 3.00. The summed E-state index contributed by atoms with van der Waals surface area (Å²) in [6.45, 7) is 9.20. The minimum atomic E-state index is -0.0799. The van der Waals surface area contributed by atoms with E-state index >= 15 is 0 Å². The van der Waals surface area contributed by atoms with E-state index in [9.17, 15) is 0 Å². The molecular formula is C10H23NO. The van der Waals surface area contributed by atoms with Crippen molar-refractivity contribution in [2.75, 3.05) is 6.61 Å². The Morgan fingerprint density at radius 1 is 1.17 bits per heavy atom. The van der Waals surface area contributed by atoms with Crippen LogP contribution in [0, 0.1) is 0 Å². The van der Waals surface area contributed by atoms with Crippen LogP contribution in [-0.2, 0) is 4.74 Å². The lowest BCUT2D eigenvalue weighted by molar-refractivity contribution is -0.0641. The lowest BCUT2D eigenvalue weighted by Crippen LogP contribution is -2.49. The maximum atomic E-state index is 6.03. The largest absolute Gasteiger partial charge is 0.374 e. The molecule has 1 atom stereocenters. The predicted molar refractivity (Wildman–Crippen MR) is 53.2 cm³/mol. The molecule has 0 aromatic heterocycles. The summed E-state index contributed by atoms with van der Waals surface area (Å²) in [5.74, 6) is 0. The molecule has 2 N–H and O–H groups in total. The highest BCUT2D eigenvalue weighted by Gasteiger charge is 2.32. The molecule has 2 heteroatoms. The van der Waals surface area contributed by atoms with E-state index in [1.807, 2.05) is 6.92 Å². The van der Waals surface area contributed by atoms with Crippen LogP contribution in [0.25, 0.3) is 0 Å². The number of rotatable bonds is 6. The zero-order valence-electron chi connectivity index (χ0n) is 8.89. The minimum absolute atomic E-state index is 0.0799. The lowest BCUT2D eigenvalue weighted by Gasteiger charge is -2.36. The Bertz CT molecular complexity index is 110. The molecule has 74 valence electrons. The van der Waals surface area contributed by atoms with Gasteiger partial charge in [0, 0.05) is 12.6 Å². The van der Waals surface area contributed by atoms with Crippen molar-refractivity contribution in [2.45, 2.75) is 58.6 Å². The third-order valence-corrected chi connectivity index (χ3v) is 2.74. The molecule has 12 heavy (non-hydrogen) atoms. The molecule has 0 saturated heterocycles. The molecule has 0 heterocycles. The summed E-state index contributed by atoms with van der Waals surface area (Å²) in [5.41, 5.74) is 5.95. The molecule has 0 saturated carbocycles. The Kier molecular flexibility index (Phi) is 5.51. The van der Waals surface area contributed by atoms with Gasteiger partial charge in [0.15, 0.2) is 0 Å². The zero-order chi connectivity index (χ0) is 9.61. The van der Waals surface area contributed by atoms with Crippen LogP contribution in [0.5, 0.6) is 0 Å². The third kappa shape index (κ3) is 2.46. The highest BCUT2D eigenvalue weighted by atomic mass is 16.5. The van der Waals surface area contributed by atoms with Crippen LogP contribution in [0.2, 0.25) is 0 Å². The van der Waals surface area contributed by atoms with Crippen LogP contribution < -0.4 is 5.73 Å². The van der Waals surface area contributed by atoms with Crippen molar-refractivity contribution in [3.8, 4) is 0 Å². The molecule has 0 radical (unpaired) electrons. The van der Waals surface area contributed by atoms with Gasteiger partial charge in [-0.3, -0.25) is 0 Å². The van der Waals surface area contributed by atoms with Gasteiger partial charge >= 0.3 is 0 Å². The second-order valence-electron chi connectivity index (χ2n) is 3.22. The fourth-order valence-corrected chi connectivity index (χ4v) is 1.75. The molecule has 0 aromatic carbocycles. The SMILES string of the molecule is CCOC(CC)(CC)[C@H](N)CC. The van der Waals surface area contributed by atoms with Crippen molar-refractivity contribution in [2.24, 2.45) is 5.73 Å². The smallest absolute Gasteiger partial charge is 0.0827 e. The van der Waals surface area contributed by atoms with E-state index in [4.69, 9.17) is 10.5 Å². The molecule has 0 bridgehead atoms. The highest BCUT2D eigenvalue weighted by Crippen LogP contribution is 2.25. The quantitative estimate of drug-likeness (QED) is 0.669. The summed E-state index contributed by atoms with van der Waals surface area (Å²) < 4.78 is 5.76. The number of hydrogen-bond donors (Lipinski definition) is 1. The standard InChI is InChI=1S/C10H23NO/c1-5-9(11)10(6-2,7-3)12-8-4/h9H,5-8,11H2,1-4H3/t9-/m1/s1. The Balaban J connectivity index is 4.33. The van der Waals surface area contributed by atoms with Gasteiger partial charge in [-0.25, -0.2) is 0 Å². The first-order chi connectivity index (χ1) is 5.66. The molecule has 0 aromatic rings. The van der Waals surface area contributed by atoms with E-state index in [1.165, 1.54) is 0 Å². The fourth-order valence-electron chi connectivity index (χ4n) is 1.75. The molecule has 2 nitrogen and oxygen atoms in total. The van der Waals surface area contributed by atoms with Gasteiger partial charge in [0.05, 0.1) is 5.60 Å². The summed E-state index contributed by atoms with van der Waals surface area (Å²) >= 11 is 0. The van der Waals surface area contributed by atoms with E-state index in [2.05, 4.69) is 20.8 Å².